The largest absolute Gasteiger partial charge is 0.477 e. The van der Waals surface area contributed by atoms with Crippen LogP contribution in [0.3, 0.4) is 0 Å². The molecule has 5 rings (SSSR count). The van der Waals surface area contributed by atoms with E-state index in [1.165, 1.54) is 36.7 Å². The van der Waals surface area contributed by atoms with Crippen LogP contribution in [0, 0.1) is 11.8 Å². The minimum absolute atomic E-state index is 0.160. The van der Waals surface area contributed by atoms with E-state index in [1.54, 1.807) is 4.57 Å². The van der Waals surface area contributed by atoms with Gasteiger partial charge < -0.3 is 5.11 Å². The number of nitrogens with one attached hydrogen (secondary N) is 1. The van der Waals surface area contributed by atoms with Crippen LogP contribution < -0.4 is 5.69 Å². The molecule has 2 heterocycles. The second-order valence-corrected chi connectivity index (χ2v) is 11.3. The highest BCUT2D eigenvalue weighted by Crippen LogP contribution is 2.30. The molecular weight excluding hydrogens is 504 g/mol. The van der Waals surface area contributed by atoms with Crippen molar-refractivity contribution in [1.82, 2.24) is 29.8 Å². The van der Waals surface area contributed by atoms with Gasteiger partial charge in [0.15, 0.2) is 11.5 Å². The van der Waals surface area contributed by atoms with Crippen LogP contribution in [0.25, 0.3) is 22.5 Å². The molecule has 1 aliphatic carbocycles. The molecule has 0 unspecified atom stereocenters. The number of tetrazole rings is 1. The van der Waals surface area contributed by atoms with Crippen molar-refractivity contribution in [3.8, 4) is 22.5 Å². The highest BCUT2D eigenvalue weighted by atomic mass is 16.4. The highest BCUT2D eigenvalue weighted by Gasteiger charge is 2.26. The molecule has 2 aromatic heterocycles. The van der Waals surface area contributed by atoms with Crippen molar-refractivity contribution in [2.24, 2.45) is 11.8 Å². The molecule has 0 atom stereocenters. The summed E-state index contributed by atoms with van der Waals surface area (Å²) in [6.45, 7) is 5.03. The van der Waals surface area contributed by atoms with E-state index in [1.807, 2.05) is 48.5 Å². The quantitative estimate of drug-likeness (QED) is 0.247. The fraction of sp³-hybridized carbons (Fsp3) is 0.452. The van der Waals surface area contributed by atoms with E-state index < -0.39 is 5.97 Å². The van der Waals surface area contributed by atoms with Crippen molar-refractivity contribution in [2.75, 3.05) is 0 Å². The van der Waals surface area contributed by atoms with Crippen molar-refractivity contribution >= 4 is 5.97 Å². The molecule has 0 radical (unpaired) electrons. The first-order valence-electron chi connectivity index (χ1n) is 14.4. The van der Waals surface area contributed by atoms with E-state index in [9.17, 15) is 14.7 Å². The predicted molar refractivity (Wildman–Crippen MR) is 154 cm³/mol. The van der Waals surface area contributed by atoms with Gasteiger partial charge in [-0.3, -0.25) is 9.13 Å². The van der Waals surface area contributed by atoms with E-state index in [-0.39, 0.29) is 11.4 Å². The summed E-state index contributed by atoms with van der Waals surface area (Å²) in [6.07, 6.45) is 8.28. The Morgan fingerprint density at radius 3 is 2.40 bits per heavy atom. The van der Waals surface area contributed by atoms with Gasteiger partial charge in [0.25, 0.3) is 0 Å². The third-order valence-electron chi connectivity index (χ3n) is 8.11. The van der Waals surface area contributed by atoms with Crippen LogP contribution in [-0.4, -0.2) is 40.8 Å². The zero-order valence-corrected chi connectivity index (χ0v) is 23.3. The van der Waals surface area contributed by atoms with Gasteiger partial charge in [0, 0.05) is 12.1 Å². The van der Waals surface area contributed by atoms with E-state index in [2.05, 4.69) is 34.5 Å². The van der Waals surface area contributed by atoms with Crippen LogP contribution >= 0.6 is 0 Å². The number of aromatic amines is 1. The highest BCUT2D eigenvalue weighted by molar-refractivity contribution is 5.87. The topological polar surface area (TPSA) is 119 Å². The minimum atomic E-state index is -1.02. The number of rotatable bonds is 11. The lowest BCUT2D eigenvalue weighted by Gasteiger charge is -2.21. The lowest BCUT2D eigenvalue weighted by molar-refractivity contribution is 0.0682. The number of H-pyrrole nitrogens is 1. The van der Waals surface area contributed by atoms with Crippen LogP contribution in [0.5, 0.6) is 0 Å². The molecule has 9 nitrogen and oxygen atoms in total. The Morgan fingerprint density at radius 2 is 1.75 bits per heavy atom. The molecule has 40 heavy (non-hydrogen) atoms. The summed E-state index contributed by atoms with van der Waals surface area (Å²) in [5.74, 6) is 0.534. The monoisotopic (exact) mass is 542 g/mol. The minimum Gasteiger partial charge on any atom is -0.477 e. The SMILES string of the molecule is CC(C)CCc1c(C(=O)O)n(CCC2CCCCC2)c(=O)n1Cc1ccc(-c2ccccc2-c2nnn[nH]2)cc1. The van der Waals surface area contributed by atoms with Gasteiger partial charge in [-0.25, -0.2) is 14.7 Å². The smallest absolute Gasteiger partial charge is 0.354 e. The molecule has 0 aliphatic heterocycles. The van der Waals surface area contributed by atoms with Crippen LogP contribution in [0.2, 0.25) is 0 Å². The first-order valence-corrected chi connectivity index (χ1v) is 14.4. The number of benzene rings is 2. The van der Waals surface area contributed by atoms with Gasteiger partial charge in [0.2, 0.25) is 0 Å². The lowest BCUT2D eigenvalue weighted by atomic mass is 9.87. The van der Waals surface area contributed by atoms with E-state index in [0.29, 0.717) is 42.9 Å². The van der Waals surface area contributed by atoms with Gasteiger partial charge in [-0.15, -0.1) is 5.10 Å². The summed E-state index contributed by atoms with van der Waals surface area (Å²) in [6, 6.07) is 16.0. The molecule has 0 amide bonds. The van der Waals surface area contributed by atoms with Crippen LogP contribution in [0.4, 0.5) is 0 Å². The first kappa shape index (κ1) is 27.6. The standard InChI is InChI=1S/C31H38N6O3/c1-21(2)12-17-27-28(30(38)39)36(19-18-22-8-4-3-5-9-22)31(40)37(27)20-23-13-15-24(16-14-23)25-10-6-7-11-26(25)29-32-34-35-33-29/h6-7,10-11,13-16,21-22H,3-5,8-9,12,17-20H2,1-2H3,(H,38,39)(H,32,33,34,35). The summed E-state index contributed by atoms with van der Waals surface area (Å²) in [5.41, 5.74) is 4.39. The molecule has 2 aromatic carbocycles. The lowest BCUT2D eigenvalue weighted by Crippen LogP contribution is -2.27. The summed E-state index contributed by atoms with van der Waals surface area (Å²) in [4.78, 5) is 26.2. The number of hydrogen-bond acceptors (Lipinski definition) is 5. The van der Waals surface area contributed by atoms with Crippen molar-refractivity contribution in [1.29, 1.82) is 0 Å². The van der Waals surface area contributed by atoms with Crippen molar-refractivity contribution in [3.05, 3.63) is 76.0 Å². The number of aromatic nitrogens is 6. The molecule has 1 aliphatic rings. The molecule has 1 saturated carbocycles. The summed E-state index contributed by atoms with van der Waals surface area (Å²) in [5, 5.41) is 24.5. The van der Waals surface area contributed by atoms with Gasteiger partial charge in [-0.05, 0) is 58.2 Å². The van der Waals surface area contributed by atoms with Crippen LogP contribution in [0.1, 0.15) is 80.5 Å². The van der Waals surface area contributed by atoms with Gasteiger partial charge >= 0.3 is 11.7 Å². The Kier molecular flexibility index (Phi) is 8.57. The maximum absolute atomic E-state index is 13.7. The zero-order chi connectivity index (χ0) is 28.1. The molecule has 4 aromatic rings. The summed E-state index contributed by atoms with van der Waals surface area (Å²) >= 11 is 0. The van der Waals surface area contributed by atoms with E-state index in [0.717, 1.165) is 35.1 Å². The number of carbonyl (C=O) groups is 1. The number of carboxylic acid groups (broad SMARTS) is 1. The maximum atomic E-state index is 13.7. The van der Waals surface area contributed by atoms with Gasteiger partial charge in [-0.1, -0.05) is 94.5 Å². The first-order chi connectivity index (χ1) is 19.4. The summed E-state index contributed by atoms with van der Waals surface area (Å²) in [7, 11) is 0. The molecule has 0 bridgehead atoms. The number of aromatic carboxylic acids is 1. The van der Waals surface area contributed by atoms with E-state index in [4.69, 9.17) is 0 Å². The van der Waals surface area contributed by atoms with Crippen molar-refractivity contribution in [2.45, 2.75) is 78.3 Å². The number of imidazole rings is 1. The van der Waals surface area contributed by atoms with Gasteiger partial charge in [-0.2, -0.15) is 0 Å². The van der Waals surface area contributed by atoms with Crippen molar-refractivity contribution in [3.63, 3.8) is 0 Å². The Morgan fingerprint density at radius 1 is 1.02 bits per heavy atom. The Balaban J connectivity index is 1.45. The Bertz CT molecular complexity index is 1480. The van der Waals surface area contributed by atoms with Gasteiger partial charge in [0.1, 0.15) is 0 Å². The molecule has 2 N–H and O–H groups in total. The van der Waals surface area contributed by atoms with Crippen LogP contribution in [-0.2, 0) is 19.5 Å². The predicted octanol–water partition coefficient (Wildman–Crippen LogP) is 5.80. The maximum Gasteiger partial charge on any atom is 0.354 e. The fourth-order valence-corrected chi connectivity index (χ4v) is 5.90. The normalized spacial score (nSPS) is 14.2. The van der Waals surface area contributed by atoms with Gasteiger partial charge in [0.05, 0.1) is 12.2 Å². The Hall–Kier alpha value is -4.01. The molecular formula is C31H38N6O3. The average molecular weight is 543 g/mol. The second kappa shape index (κ2) is 12.4. The number of nitrogens with zero attached hydrogens (tertiary/aromatic N) is 5. The zero-order valence-electron chi connectivity index (χ0n) is 23.3. The molecule has 9 heteroatoms. The number of hydrogen-bond donors (Lipinski definition) is 2. The number of carboxylic acids is 1. The molecule has 210 valence electrons. The second-order valence-electron chi connectivity index (χ2n) is 11.3. The third kappa shape index (κ3) is 6.08. The fourth-order valence-electron chi connectivity index (χ4n) is 5.90. The van der Waals surface area contributed by atoms with E-state index >= 15 is 0 Å². The third-order valence-corrected chi connectivity index (χ3v) is 8.11. The molecule has 0 spiro atoms. The molecule has 0 saturated heterocycles. The summed E-state index contributed by atoms with van der Waals surface area (Å²) < 4.78 is 3.22. The average Bonchev–Trinajstić information content (AvgIpc) is 3.59. The Labute approximate surface area is 234 Å². The molecule has 1 fully saturated rings. The van der Waals surface area contributed by atoms with Crippen LogP contribution in [0.15, 0.2) is 53.3 Å². The van der Waals surface area contributed by atoms with Crippen molar-refractivity contribution < 1.29 is 9.90 Å².